The smallest absolute Gasteiger partial charge is 0.250 e. The summed E-state index contributed by atoms with van der Waals surface area (Å²) in [6, 6.07) is 17.7. The Balaban J connectivity index is 1.66. The van der Waals surface area contributed by atoms with Gasteiger partial charge in [-0.05, 0) is 54.4 Å². The van der Waals surface area contributed by atoms with E-state index < -0.39 is 10.0 Å². The predicted octanol–water partition coefficient (Wildman–Crippen LogP) is 4.67. The first-order valence-electron chi connectivity index (χ1n) is 9.01. The second kappa shape index (κ2) is 7.89. The highest BCUT2D eigenvalue weighted by molar-refractivity contribution is 7.91. The summed E-state index contributed by atoms with van der Waals surface area (Å²) in [5.74, 6) is 0. The molecule has 0 saturated carbocycles. The summed E-state index contributed by atoms with van der Waals surface area (Å²) in [4.78, 5) is 2.38. The number of rotatable bonds is 6. The second-order valence-corrected chi connectivity index (χ2v) is 10.4. The van der Waals surface area contributed by atoms with Crippen LogP contribution in [0, 0.1) is 0 Å². The van der Waals surface area contributed by atoms with Crippen LogP contribution in [0.15, 0.2) is 58.8 Å². The molecule has 2 heterocycles. The van der Waals surface area contributed by atoms with Crippen LogP contribution >= 0.6 is 22.9 Å². The Morgan fingerprint density at radius 2 is 1.78 bits per heavy atom. The van der Waals surface area contributed by atoms with Crippen molar-refractivity contribution in [1.29, 1.82) is 0 Å². The SMILES string of the molecule is O=S(=O)(NC[C@H](c1cccc2ccccc12)N1CCCC1)c1ccc(Cl)s1. The number of fused-ring (bicyclic) bond motifs is 1. The molecule has 4 rings (SSSR count). The predicted molar refractivity (Wildman–Crippen MR) is 112 cm³/mol. The number of thiophene rings is 1. The average molecular weight is 421 g/mol. The minimum Gasteiger partial charge on any atom is -0.295 e. The van der Waals surface area contributed by atoms with Gasteiger partial charge in [-0.2, -0.15) is 0 Å². The molecule has 2 aromatic carbocycles. The molecule has 0 spiro atoms. The molecule has 1 N–H and O–H groups in total. The van der Waals surface area contributed by atoms with Crippen molar-refractivity contribution >= 4 is 43.7 Å². The van der Waals surface area contributed by atoms with Crippen molar-refractivity contribution in [2.24, 2.45) is 0 Å². The van der Waals surface area contributed by atoms with Gasteiger partial charge in [-0.3, -0.25) is 4.90 Å². The third-order valence-corrected chi connectivity index (χ3v) is 8.19. The monoisotopic (exact) mass is 420 g/mol. The molecule has 1 atom stereocenters. The van der Waals surface area contributed by atoms with Crippen LogP contribution in [0.4, 0.5) is 0 Å². The highest BCUT2D eigenvalue weighted by Crippen LogP contribution is 2.31. The Morgan fingerprint density at radius 3 is 2.52 bits per heavy atom. The van der Waals surface area contributed by atoms with Crippen molar-refractivity contribution < 1.29 is 8.42 Å². The quantitative estimate of drug-likeness (QED) is 0.630. The van der Waals surface area contributed by atoms with Gasteiger partial charge >= 0.3 is 0 Å². The summed E-state index contributed by atoms with van der Waals surface area (Å²) in [5, 5.41) is 2.35. The van der Waals surface area contributed by atoms with Gasteiger partial charge in [-0.25, -0.2) is 13.1 Å². The van der Waals surface area contributed by atoms with Crippen molar-refractivity contribution in [1.82, 2.24) is 9.62 Å². The Morgan fingerprint density at radius 1 is 1.04 bits per heavy atom. The number of nitrogens with one attached hydrogen (secondary N) is 1. The number of hydrogen-bond acceptors (Lipinski definition) is 4. The van der Waals surface area contributed by atoms with Gasteiger partial charge in [0.2, 0.25) is 10.0 Å². The van der Waals surface area contributed by atoms with Gasteiger partial charge in [0, 0.05) is 12.6 Å². The summed E-state index contributed by atoms with van der Waals surface area (Å²) in [5.41, 5.74) is 1.17. The lowest BCUT2D eigenvalue weighted by Crippen LogP contribution is -2.36. The first-order chi connectivity index (χ1) is 13.0. The molecule has 0 radical (unpaired) electrons. The van der Waals surface area contributed by atoms with Crippen LogP contribution in [0.3, 0.4) is 0 Å². The number of likely N-dealkylation sites (tertiary alicyclic amines) is 1. The Kier molecular flexibility index (Phi) is 5.53. The lowest BCUT2D eigenvalue weighted by molar-refractivity contribution is 0.248. The van der Waals surface area contributed by atoms with E-state index in [0.29, 0.717) is 10.9 Å². The molecule has 7 heteroatoms. The number of hydrogen-bond donors (Lipinski definition) is 1. The second-order valence-electron chi connectivity index (χ2n) is 6.74. The molecule has 1 aromatic heterocycles. The number of sulfonamides is 1. The maximum Gasteiger partial charge on any atom is 0.250 e. The Hall–Kier alpha value is -1.44. The van der Waals surface area contributed by atoms with Crippen molar-refractivity contribution in [2.75, 3.05) is 19.6 Å². The highest BCUT2D eigenvalue weighted by atomic mass is 35.5. The fourth-order valence-corrected chi connectivity index (χ4v) is 6.30. The molecule has 3 aromatic rings. The number of halogens is 1. The zero-order valence-corrected chi connectivity index (χ0v) is 17.2. The topological polar surface area (TPSA) is 49.4 Å². The Bertz CT molecular complexity index is 1040. The van der Waals surface area contributed by atoms with Gasteiger partial charge < -0.3 is 0 Å². The molecular weight excluding hydrogens is 400 g/mol. The van der Waals surface area contributed by atoms with Gasteiger partial charge in [-0.15, -0.1) is 11.3 Å². The first kappa shape index (κ1) is 18.9. The third kappa shape index (κ3) is 4.05. The van der Waals surface area contributed by atoms with Crippen LogP contribution in [-0.4, -0.2) is 33.0 Å². The summed E-state index contributed by atoms with van der Waals surface area (Å²) in [6.07, 6.45) is 2.29. The molecular formula is C20H21ClN2O2S2. The normalized spacial score (nSPS) is 16.8. The molecule has 0 bridgehead atoms. The molecule has 4 nitrogen and oxygen atoms in total. The molecule has 0 aliphatic carbocycles. The minimum atomic E-state index is -3.57. The van der Waals surface area contributed by atoms with Crippen molar-refractivity contribution in [3.8, 4) is 0 Å². The lowest BCUT2D eigenvalue weighted by atomic mass is 9.98. The molecule has 1 fully saturated rings. The van der Waals surface area contributed by atoms with Crippen LogP contribution in [0.25, 0.3) is 10.8 Å². The zero-order chi connectivity index (χ0) is 18.9. The summed E-state index contributed by atoms with van der Waals surface area (Å²) in [7, 11) is -3.57. The molecule has 27 heavy (non-hydrogen) atoms. The van der Waals surface area contributed by atoms with E-state index in [1.165, 1.54) is 16.3 Å². The van der Waals surface area contributed by atoms with Gasteiger partial charge in [0.1, 0.15) is 4.21 Å². The number of benzene rings is 2. The van der Waals surface area contributed by atoms with Crippen LogP contribution in [0.2, 0.25) is 4.34 Å². The number of nitrogens with zero attached hydrogens (tertiary/aromatic N) is 1. The standard InChI is InChI=1S/C20H21ClN2O2S2/c21-19-10-11-20(26-19)27(24,25)22-14-18(23-12-3-4-13-23)17-9-5-7-15-6-1-2-8-16(15)17/h1-2,5-11,18,22H,3-4,12-14H2/t18-/m1/s1. The molecule has 142 valence electrons. The van der Waals surface area contributed by atoms with Crippen LogP contribution < -0.4 is 4.72 Å². The zero-order valence-electron chi connectivity index (χ0n) is 14.8. The summed E-state index contributed by atoms with van der Waals surface area (Å²) >= 11 is 6.99. The van der Waals surface area contributed by atoms with E-state index in [2.05, 4.69) is 33.9 Å². The van der Waals surface area contributed by atoms with Crippen molar-refractivity contribution in [3.63, 3.8) is 0 Å². The van der Waals surface area contributed by atoms with E-state index in [-0.39, 0.29) is 10.3 Å². The van der Waals surface area contributed by atoms with Crippen molar-refractivity contribution in [3.05, 3.63) is 64.5 Å². The van der Waals surface area contributed by atoms with E-state index in [0.717, 1.165) is 37.3 Å². The summed E-state index contributed by atoms with van der Waals surface area (Å²) < 4.78 is 28.9. The molecule has 0 unspecified atom stereocenters. The van der Waals surface area contributed by atoms with E-state index >= 15 is 0 Å². The maximum absolute atomic E-state index is 12.7. The maximum atomic E-state index is 12.7. The van der Waals surface area contributed by atoms with Gasteiger partial charge in [0.05, 0.1) is 4.34 Å². The largest absolute Gasteiger partial charge is 0.295 e. The van der Waals surface area contributed by atoms with Crippen LogP contribution in [0.5, 0.6) is 0 Å². The van der Waals surface area contributed by atoms with Gasteiger partial charge in [-0.1, -0.05) is 54.1 Å². The van der Waals surface area contributed by atoms with Crippen LogP contribution in [0.1, 0.15) is 24.4 Å². The average Bonchev–Trinajstić information content (AvgIpc) is 3.34. The fourth-order valence-electron chi connectivity index (χ4n) is 3.73. The molecule has 0 amide bonds. The lowest BCUT2D eigenvalue weighted by Gasteiger charge is -2.29. The van der Waals surface area contributed by atoms with Gasteiger partial charge in [0.25, 0.3) is 0 Å². The van der Waals surface area contributed by atoms with Crippen molar-refractivity contribution in [2.45, 2.75) is 23.1 Å². The Labute approximate surface area is 168 Å². The van der Waals surface area contributed by atoms with E-state index in [9.17, 15) is 8.42 Å². The van der Waals surface area contributed by atoms with E-state index in [4.69, 9.17) is 11.6 Å². The third-order valence-electron chi connectivity index (χ3n) is 5.04. The first-order valence-corrected chi connectivity index (χ1v) is 11.7. The molecule has 1 aliphatic rings. The summed E-state index contributed by atoms with van der Waals surface area (Å²) in [6.45, 7) is 2.31. The highest BCUT2D eigenvalue weighted by Gasteiger charge is 2.27. The van der Waals surface area contributed by atoms with E-state index in [1.807, 2.05) is 18.2 Å². The minimum absolute atomic E-state index is 0.00353. The molecule has 1 saturated heterocycles. The van der Waals surface area contributed by atoms with E-state index in [1.54, 1.807) is 12.1 Å². The molecule has 1 aliphatic heterocycles. The fraction of sp³-hybridized carbons (Fsp3) is 0.300. The van der Waals surface area contributed by atoms with Crippen LogP contribution in [-0.2, 0) is 10.0 Å². The van der Waals surface area contributed by atoms with Gasteiger partial charge in [0.15, 0.2) is 0 Å².